The molecule has 3 aromatic rings. The highest BCUT2D eigenvalue weighted by Gasteiger charge is 2.35. The van der Waals surface area contributed by atoms with Crippen LogP contribution >= 0.6 is 23.2 Å². The van der Waals surface area contributed by atoms with Gasteiger partial charge in [0.15, 0.2) is 0 Å². The lowest BCUT2D eigenvalue weighted by atomic mass is 10.1. The highest BCUT2D eigenvalue weighted by Crippen LogP contribution is 2.34. The van der Waals surface area contributed by atoms with Gasteiger partial charge in [0, 0.05) is 28.7 Å². The Bertz CT molecular complexity index is 1460. The van der Waals surface area contributed by atoms with E-state index in [4.69, 9.17) is 27.9 Å². The van der Waals surface area contributed by atoms with Gasteiger partial charge in [0.25, 0.3) is 10.0 Å². The molecule has 0 saturated heterocycles. The number of carbonyl (C=O) groups is 2. The molecule has 0 aliphatic heterocycles. The summed E-state index contributed by atoms with van der Waals surface area (Å²) >= 11 is 12.9. The Hall–Kier alpha value is -3.27. The first-order valence-corrected chi connectivity index (χ1v) is 16.0. The molecular weight excluding hydrogens is 597 g/mol. The lowest BCUT2D eigenvalue weighted by molar-refractivity contribution is -0.140. The molecule has 42 heavy (non-hydrogen) atoms. The van der Waals surface area contributed by atoms with Crippen LogP contribution in [0, 0.1) is 6.92 Å². The van der Waals surface area contributed by atoms with Crippen molar-refractivity contribution >= 4 is 50.7 Å². The largest absolute Gasteiger partial charge is 0.495 e. The lowest BCUT2D eigenvalue weighted by Crippen LogP contribution is -2.52. The fourth-order valence-corrected chi connectivity index (χ4v) is 6.46. The Morgan fingerprint density at radius 3 is 2.24 bits per heavy atom. The number of methoxy groups -OCH3 is 1. The molecule has 3 aromatic carbocycles. The van der Waals surface area contributed by atoms with Crippen molar-refractivity contribution in [2.24, 2.45) is 0 Å². The van der Waals surface area contributed by atoms with Gasteiger partial charge in [-0.1, -0.05) is 73.8 Å². The Morgan fingerprint density at radius 1 is 0.976 bits per heavy atom. The van der Waals surface area contributed by atoms with Gasteiger partial charge < -0.3 is 15.0 Å². The number of benzene rings is 3. The minimum atomic E-state index is -4.24. The number of carbonyl (C=O) groups excluding carboxylic acids is 2. The van der Waals surface area contributed by atoms with Gasteiger partial charge in [-0.15, -0.1) is 0 Å². The zero-order chi connectivity index (χ0) is 30.9. The van der Waals surface area contributed by atoms with Gasteiger partial charge in [-0.2, -0.15) is 0 Å². The molecule has 0 aliphatic carbocycles. The van der Waals surface area contributed by atoms with E-state index in [2.05, 4.69) is 5.32 Å². The van der Waals surface area contributed by atoms with E-state index in [1.165, 1.54) is 24.1 Å². The Balaban J connectivity index is 2.13. The molecule has 1 unspecified atom stereocenters. The van der Waals surface area contributed by atoms with Crippen molar-refractivity contribution in [3.8, 4) is 5.75 Å². The molecule has 0 spiro atoms. The molecule has 0 bridgehead atoms. The smallest absolute Gasteiger partial charge is 0.264 e. The number of rotatable bonds is 14. The number of halogens is 2. The number of amides is 2. The molecule has 11 heteroatoms. The molecule has 3 rings (SSSR count). The third kappa shape index (κ3) is 7.96. The maximum atomic E-state index is 14.3. The normalized spacial score (nSPS) is 12.0. The number of anilines is 1. The molecule has 1 N–H and O–H groups in total. The molecule has 0 fully saturated rings. The number of ether oxygens (including phenoxy) is 1. The average molecular weight is 635 g/mol. The van der Waals surface area contributed by atoms with Crippen LogP contribution in [0.15, 0.2) is 71.6 Å². The summed E-state index contributed by atoms with van der Waals surface area (Å²) in [6.45, 7) is 5.38. The quantitative estimate of drug-likeness (QED) is 0.212. The summed E-state index contributed by atoms with van der Waals surface area (Å²) < 4.78 is 34.7. The summed E-state index contributed by atoms with van der Waals surface area (Å²) in [5.74, 6) is -0.669. The molecule has 8 nitrogen and oxygen atoms in total. The number of hydrogen-bond donors (Lipinski definition) is 1. The van der Waals surface area contributed by atoms with Gasteiger partial charge in [0.2, 0.25) is 11.8 Å². The summed E-state index contributed by atoms with van der Waals surface area (Å²) in [5, 5.41) is 3.56. The maximum absolute atomic E-state index is 14.3. The second-order valence-corrected chi connectivity index (χ2v) is 12.5. The van der Waals surface area contributed by atoms with Crippen molar-refractivity contribution in [1.82, 2.24) is 10.2 Å². The first kappa shape index (κ1) is 33.2. The SMILES string of the molecule is CCCCNC(=O)C(CC)N(Cc1c(Cl)cccc1Cl)C(=O)CN(c1cc(C)ccc1OC)S(=O)(=O)c1ccccc1. The van der Waals surface area contributed by atoms with Gasteiger partial charge in [0.05, 0.1) is 17.7 Å². The zero-order valence-electron chi connectivity index (χ0n) is 24.3. The fourth-order valence-electron chi connectivity index (χ4n) is 4.51. The zero-order valence-corrected chi connectivity index (χ0v) is 26.6. The average Bonchev–Trinajstić information content (AvgIpc) is 2.97. The number of aryl methyl sites for hydroxylation is 1. The van der Waals surface area contributed by atoms with Crippen LogP contribution in [0.2, 0.25) is 10.0 Å². The number of nitrogens with one attached hydrogen (secondary N) is 1. The molecule has 0 aliphatic rings. The predicted molar refractivity (Wildman–Crippen MR) is 168 cm³/mol. The van der Waals surface area contributed by atoms with Gasteiger partial charge >= 0.3 is 0 Å². The minimum Gasteiger partial charge on any atom is -0.495 e. The fraction of sp³-hybridized carbons (Fsp3) is 0.355. The molecule has 226 valence electrons. The van der Waals surface area contributed by atoms with E-state index in [0.29, 0.717) is 22.2 Å². The Labute approximate surface area is 258 Å². The first-order valence-electron chi connectivity index (χ1n) is 13.8. The Morgan fingerprint density at radius 2 is 1.64 bits per heavy atom. The summed E-state index contributed by atoms with van der Waals surface area (Å²) in [6.07, 6.45) is 1.95. The molecular formula is C31H37Cl2N3O5S. The number of nitrogens with zero attached hydrogens (tertiary/aromatic N) is 2. The van der Waals surface area contributed by atoms with Crippen molar-refractivity contribution < 1.29 is 22.7 Å². The molecule has 0 aromatic heterocycles. The third-order valence-electron chi connectivity index (χ3n) is 6.82. The summed E-state index contributed by atoms with van der Waals surface area (Å²) in [6, 6.07) is 17.0. The van der Waals surface area contributed by atoms with Gasteiger partial charge in [-0.3, -0.25) is 13.9 Å². The van der Waals surface area contributed by atoms with E-state index in [0.717, 1.165) is 22.7 Å². The predicted octanol–water partition coefficient (Wildman–Crippen LogP) is 6.23. The van der Waals surface area contributed by atoms with Crippen molar-refractivity contribution in [2.75, 3.05) is 24.5 Å². The first-order chi connectivity index (χ1) is 20.0. The van der Waals surface area contributed by atoms with E-state index in [1.807, 2.05) is 13.8 Å². The van der Waals surface area contributed by atoms with E-state index >= 15 is 0 Å². The minimum absolute atomic E-state index is 0.00593. The molecule has 0 heterocycles. The maximum Gasteiger partial charge on any atom is 0.264 e. The molecule has 0 radical (unpaired) electrons. The Kier molecular flexibility index (Phi) is 12.1. The summed E-state index contributed by atoms with van der Waals surface area (Å²) in [4.78, 5) is 29.0. The highest BCUT2D eigenvalue weighted by atomic mass is 35.5. The lowest BCUT2D eigenvalue weighted by Gasteiger charge is -2.34. The van der Waals surface area contributed by atoms with Crippen LogP contribution in [0.3, 0.4) is 0 Å². The monoisotopic (exact) mass is 633 g/mol. The summed E-state index contributed by atoms with van der Waals surface area (Å²) in [5.41, 5.74) is 1.43. The molecule has 2 amide bonds. The topological polar surface area (TPSA) is 96.0 Å². The highest BCUT2D eigenvalue weighted by molar-refractivity contribution is 7.92. The van der Waals surface area contributed by atoms with Crippen LogP contribution in [0.1, 0.15) is 44.2 Å². The van der Waals surface area contributed by atoms with E-state index in [1.54, 1.807) is 61.5 Å². The van der Waals surface area contributed by atoms with Crippen LogP contribution in [-0.2, 0) is 26.2 Å². The van der Waals surface area contributed by atoms with E-state index < -0.39 is 28.5 Å². The second kappa shape index (κ2) is 15.3. The van der Waals surface area contributed by atoms with Gasteiger partial charge in [0.1, 0.15) is 18.3 Å². The molecule has 0 saturated carbocycles. The van der Waals surface area contributed by atoms with Crippen LogP contribution in [0.25, 0.3) is 0 Å². The second-order valence-electron chi connectivity index (χ2n) is 9.79. The van der Waals surface area contributed by atoms with Crippen molar-refractivity contribution in [3.05, 3.63) is 87.9 Å². The van der Waals surface area contributed by atoms with Crippen LogP contribution in [0.4, 0.5) is 5.69 Å². The van der Waals surface area contributed by atoms with Gasteiger partial charge in [-0.05, 0) is 61.7 Å². The number of hydrogen-bond acceptors (Lipinski definition) is 5. The number of unbranched alkanes of at least 4 members (excludes halogenated alkanes) is 1. The van der Waals surface area contributed by atoms with E-state index in [-0.39, 0.29) is 35.2 Å². The van der Waals surface area contributed by atoms with Gasteiger partial charge in [-0.25, -0.2) is 8.42 Å². The van der Waals surface area contributed by atoms with Crippen LogP contribution in [0.5, 0.6) is 5.75 Å². The third-order valence-corrected chi connectivity index (χ3v) is 9.30. The van der Waals surface area contributed by atoms with Crippen LogP contribution in [-0.4, -0.2) is 51.4 Å². The standard InChI is InChI=1S/C31H37Cl2N3O5S/c1-5-7-18-34-31(38)27(6-2)35(20-24-25(32)14-11-15-26(24)33)30(37)21-36(28-19-22(3)16-17-29(28)41-4)42(39,40)23-12-9-8-10-13-23/h8-17,19,27H,5-7,18,20-21H2,1-4H3,(H,34,38). The van der Waals surface area contributed by atoms with Crippen molar-refractivity contribution in [2.45, 2.75) is 57.5 Å². The van der Waals surface area contributed by atoms with E-state index in [9.17, 15) is 18.0 Å². The number of sulfonamides is 1. The van der Waals surface area contributed by atoms with Crippen molar-refractivity contribution in [3.63, 3.8) is 0 Å². The van der Waals surface area contributed by atoms with Crippen molar-refractivity contribution in [1.29, 1.82) is 0 Å². The van der Waals surface area contributed by atoms with Crippen LogP contribution < -0.4 is 14.4 Å². The summed E-state index contributed by atoms with van der Waals surface area (Å²) in [7, 11) is -2.81. The molecule has 1 atom stereocenters.